The number of thioether (sulfide) groups is 1. The molecule has 2 aromatic rings. The van der Waals surface area contributed by atoms with Gasteiger partial charge in [0.25, 0.3) is 0 Å². The first-order valence-corrected chi connectivity index (χ1v) is 8.34. The highest BCUT2D eigenvalue weighted by Gasteiger charge is 2.22. The van der Waals surface area contributed by atoms with E-state index in [2.05, 4.69) is 59.4 Å². The zero-order valence-electron chi connectivity index (χ0n) is 12.0. The van der Waals surface area contributed by atoms with Crippen LogP contribution >= 0.6 is 11.8 Å². The molecule has 106 valence electrons. The third kappa shape index (κ3) is 3.10. The van der Waals surface area contributed by atoms with Crippen molar-refractivity contribution in [2.75, 3.05) is 6.54 Å². The maximum atomic E-state index is 3.49. The van der Waals surface area contributed by atoms with Crippen molar-refractivity contribution in [3.05, 3.63) is 53.9 Å². The van der Waals surface area contributed by atoms with Crippen LogP contribution in [0.5, 0.6) is 0 Å². The van der Waals surface area contributed by atoms with E-state index in [1.165, 1.54) is 29.0 Å². The molecular formula is C17H22N2S. The summed E-state index contributed by atoms with van der Waals surface area (Å²) in [5.41, 5.74) is 2.91. The van der Waals surface area contributed by atoms with Gasteiger partial charge in [-0.25, -0.2) is 0 Å². The van der Waals surface area contributed by atoms with Gasteiger partial charge in [0.05, 0.1) is 0 Å². The fourth-order valence-corrected chi connectivity index (χ4v) is 4.07. The smallest absolute Gasteiger partial charge is 0.0359 e. The number of nitrogens with one attached hydrogen (secondary N) is 1. The lowest BCUT2D eigenvalue weighted by Crippen LogP contribution is -2.19. The quantitative estimate of drug-likeness (QED) is 0.815. The molecule has 0 amide bonds. The largest absolute Gasteiger partial charge is 0.349 e. The SMILES string of the molecule is CCCNCc1cccn1CC1Cc2ccccc2S1. The van der Waals surface area contributed by atoms with Crippen LogP contribution in [0.4, 0.5) is 0 Å². The van der Waals surface area contributed by atoms with Crippen LogP contribution in [0, 0.1) is 0 Å². The minimum atomic E-state index is 0.671. The Kier molecular flexibility index (Phi) is 4.48. The number of rotatable bonds is 6. The number of benzene rings is 1. The average molecular weight is 286 g/mol. The van der Waals surface area contributed by atoms with Crippen molar-refractivity contribution >= 4 is 11.8 Å². The molecule has 2 heterocycles. The molecule has 3 rings (SSSR count). The fourth-order valence-electron chi connectivity index (χ4n) is 2.76. The lowest BCUT2D eigenvalue weighted by molar-refractivity contribution is 0.594. The highest BCUT2D eigenvalue weighted by molar-refractivity contribution is 8.00. The topological polar surface area (TPSA) is 17.0 Å². The molecule has 1 unspecified atom stereocenters. The third-order valence-corrected chi connectivity index (χ3v) is 5.07. The van der Waals surface area contributed by atoms with Gasteiger partial charge in [-0.15, -0.1) is 11.8 Å². The van der Waals surface area contributed by atoms with Crippen molar-refractivity contribution in [3.8, 4) is 0 Å². The van der Waals surface area contributed by atoms with Crippen molar-refractivity contribution < 1.29 is 0 Å². The van der Waals surface area contributed by atoms with E-state index in [4.69, 9.17) is 0 Å². The van der Waals surface area contributed by atoms with E-state index in [0.29, 0.717) is 5.25 Å². The second-order valence-electron chi connectivity index (χ2n) is 5.38. The van der Waals surface area contributed by atoms with Crippen molar-refractivity contribution in [1.82, 2.24) is 9.88 Å². The Labute approximate surface area is 125 Å². The molecule has 1 atom stereocenters. The molecule has 2 nitrogen and oxygen atoms in total. The van der Waals surface area contributed by atoms with Crippen LogP contribution in [0.1, 0.15) is 24.6 Å². The number of fused-ring (bicyclic) bond motifs is 1. The van der Waals surface area contributed by atoms with Gasteiger partial charge in [0.15, 0.2) is 0 Å². The highest BCUT2D eigenvalue weighted by atomic mass is 32.2. The third-order valence-electron chi connectivity index (χ3n) is 3.77. The van der Waals surface area contributed by atoms with Crippen molar-refractivity contribution in [2.45, 2.75) is 43.0 Å². The van der Waals surface area contributed by atoms with Crippen molar-refractivity contribution in [1.29, 1.82) is 0 Å². The first-order chi connectivity index (χ1) is 9.86. The highest BCUT2D eigenvalue weighted by Crippen LogP contribution is 2.37. The van der Waals surface area contributed by atoms with Gasteiger partial charge in [0.2, 0.25) is 0 Å². The fraction of sp³-hybridized carbons (Fsp3) is 0.412. The Morgan fingerprint density at radius 3 is 3.00 bits per heavy atom. The van der Waals surface area contributed by atoms with Crippen LogP contribution in [0.25, 0.3) is 0 Å². The van der Waals surface area contributed by atoms with Gasteiger partial charge in [-0.2, -0.15) is 0 Å². The van der Waals surface area contributed by atoms with Gasteiger partial charge in [-0.05, 0) is 43.1 Å². The molecule has 20 heavy (non-hydrogen) atoms. The number of hydrogen-bond donors (Lipinski definition) is 1. The number of aromatic nitrogens is 1. The van der Waals surface area contributed by atoms with Gasteiger partial charge in [0, 0.05) is 35.1 Å². The van der Waals surface area contributed by atoms with E-state index in [0.717, 1.165) is 19.6 Å². The molecule has 0 saturated carbocycles. The molecule has 1 N–H and O–H groups in total. The molecular weight excluding hydrogens is 264 g/mol. The lowest BCUT2D eigenvalue weighted by Gasteiger charge is -2.14. The van der Waals surface area contributed by atoms with E-state index in [1.54, 1.807) is 0 Å². The van der Waals surface area contributed by atoms with Gasteiger partial charge in [-0.3, -0.25) is 0 Å². The molecule has 1 aliphatic rings. The molecule has 0 fully saturated rings. The lowest BCUT2D eigenvalue weighted by atomic mass is 10.1. The van der Waals surface area contributed by atoms with Crippen LogP contribution in [0.15, 0.2) is 47.5 Å². The van der Waals surface area contributed by atoms with Crippen LogP contribution in [-0.4, -0.2) is 16.4 Å². The summed E-state index contributed by atoms with van der Waals surface area (Å²) < 4.78 is 2.41. The van der Waals surface area contributed by atoms with Gasteiger partial charge < -0.3 is 9.88 Å². The number of nitrogens with zero attached hydrogens (tertiary/aromatic N) is 1. The molecule has 0 aliphatic carbocycles. The molecule has 1 aromatic carbocycles. The van der Waals surface area contributed by atoms with E-state index in [-0.39, 0.29) is 0 Å². The average Bonchev–Trinajstić information content (AvgIpc) is 3.06. The summed E-state index contributed by atoms with van der Waals surface area (Å²) in [5, 5.41) is 4.16. The normalized spacial score (nSPS) is 17.4. The standard InChI is InChI=1S/C17H22N2S/c1-2-9-18-12-15-7-5-10-19(15)13-16-11-14-6-3-4-8-17(14)20-16/h3-8,10,16,18H,2,9,11-13H2,1H3. The molecule has 0 saturated heterocycles. The zero-order valence-corrected chi connectivity index (χ0v) is 12.8. The molecule has 1 aliphatic heterocycles. The number of hydrogen-bond acceptors (Lipinski definition) is 2. The van der Waals surface area contributed by atoms with E-state index in [9.17, 15) is 0 Å². The van der Waals surface area contributed by atoms with Crippen LogP contribution < -0.4 is 5.32 Å². The van der Waals surface area contributed by atoms with Gasteiger partial charge >= 0.3 is 0 Å². The Balaban J connectivity index is 1.61. The van der Waals surface area contributed by atoms with Crippen LogP contribution in [-0.2, 0) is 19.5 Å². The molecule has 3 heteroatoms. The minimum Gasteiger partial charge on any atom is -0.349 e. The first-order valence-electron chi connectivity index (χ1n) is 7.46. The predicted molar refractivity (Wildman–Crippen MR) is 86.2 cm³/mol. The molecule has 1 aromatic heterocycles. The Morgan fingerprint density at radius 2 is 2.15 bits per heavy atom. The van der Waals surface area contributed by atoms with Gasteiger partial charge in [-0.1, -0.05) is 25.1 Å². The second-order valence-corrected chi connectivity index (χ2v) is 6.72. The monoisotopic (exact) mass is 286 g/mol. The van der Waals surface area contributed by atoms with E-state index in [1.807, 2.05) is 11.8 Å². The molecule has 0 radical (unpaired) electrons. The summed E-state index contributed by atoms with van der Waals surface area (Å²) in [4.78, 5) is 1.47. The Morgan fingerprint density at radius 1 is 1.25 bits per heavy atom. The Bertz CT molecular complexity index is 537. The summed E-state index contributed by atoms with van der Waals surface area (Å²) in [6.45, 7) is 5.38. The van der Waals surface area contributed by atoms with Crippen molar-refractivity contribution in [3.63, 3.8) is 0 Å². The Hall–Kier alpha value is -1.19. The molecule has 0 spiro atoms. The van der Waals surface area contributed by atoms with E-state index >= 15 is 0 Å². The summed E-state index contributed by atoms with van der Waals surface area (Å²) in [5.74, 6) is 0. The predicted octanol–water partition coefficient (Wildman–Crippen LogP) is 3.70. The summed E-state index contributed by atoms with van der Waals surface area (Å²) >= 11 is 2.03. The van der Waals surface area contributed by atoms with Gasteiger partial charge in [0.1, 0.15) is 0 Å². The first kappa shape index (κ1) is 13.8. The van der Waals surface area contributed by atoms with E-state index < -0.39 is 0 Å². The van der Waals surface area contributed by atoms with Crippen molar-refractivity contribution in [2.24, 2.45) is 0 Å². The maximum absolute atomic E-state index is 3.49. The summed E-state index contributed by atoms with van der Waals surface area (Å²) in [6.07, 6.45) is 4.60. The minimum absolute atomic E-state index is 0.671. The zero-order chi connectivity index (χ0) is 13.8. The summed E-state index contributed by atoms with van der Waals surface area (Å²) in [7, 11) is 0. The molecule has 0 bridgehead atoms. The van der Waals surface area contributed by atoms with Crippen LogP contribution in [0.2, 0.25) is 0 Å². The second kappa shape index (κ2) is 6.51. The van der Waals surface area contributed by atoms with Crippen LogP contribution in [0.3, 0.4) is 0 Å². The summed E-state index contributed by atoms with van der Waals surface area (Å²) in [6, 6.07) is 13.2. The maximum Gasteiger partial charge on any atom is 0.0359 e.